The minimum atomic E-state index is 0.00835. The van der Waals surface area contributed by atoms with Crippen molar-refractivity contribution < 1.29 is 0 Å². The lowest BCUT2D eigenvalue weighted by Crippen LogP contribution is -2.37. The maximum Gasteiger partial charge on any atom is 0.326 e. The topological polar surface area (TPSA) is 53.4 Å². The van der Waals surface area contributed by atoms with Gasteiger partial charge in [-0.15, -0.1) is 0 Å². The molecule has 1 aliphatic heterocycles. The fourth-order valence-corrected chi connectivity index (χ4v) is 5.20. The summed E-state index contributed by atoms with van der Waals surface area (Å²) in [5, 5.41) is 0. The Balaban J connectivity index is 1.39. The van der Waals surface area contributed by atoms with Crippen molar-refractivity contribution in [1.82, 2.24) is 14.5 Å². The zero-order valence-electron chi connectivity index (χ0n) is 17.7. The van der Waals surface area contributed by atoms with Gasteiger partial charge in [-0.25, -0.2) is 4.79 Å². The standard InChI is InChI=1S/C25H28N4O/c1-17(20-12-11-18-7-3-4-8-21(18)24(20)26-2)28-15-13-19(14-16-28)29-23-10-6-5-9-22(23)27-25(29)30/h3-10,19H,11-16H2,1-2H3,(H,27,30)/b20-17+,26-24?. The summed E-state index contributed by atoms with van der Waals surface area (Å²) in [7, 11) is 1.90. The van der Waals surface area contributed by atoms with E-state index in [1.807, 2.05) is 35.9 Å². The van der Waals surface area contributed by atoms with Gasteiger partial charge in [-0.3, -0.25) is 9.56 Å². The minimum Gasteiger partial charge on any atom is -0.375 e. The zero-order chi connectivity index (χ0) is 20.7. The summed E-state index contributed by atoms with van der Waals surface area (Å²) in [6.07, 6.45) is 4.06. The summed E-state index contributed by atoms with van der Waals surface area (Å²) in [4.78, 5) is 22.7. The number of piperidine rings is 1. The number of nitrogens with one attached hydrogen (secondary N) is 1. The van der Waals surface area contributed by atoms with E-state index in [4.69, 9.17) is 0 Å². The monoisotopic (exact) mass is 400 g/mol. The summed E-state index contributed by atoms with van der Waals surface area (Å²) in [6.45, 7) is 4.17. The first-order valence-corrected chi connectivity index (χ1v) is 10.9. The lowest BCUT2D eigenvalue weighted by Gasteiger charge is -2.36. The molecule has 1 aliphatic carbocycles. The molecule has 0 amide bonds. The second kappa shape index (κ2) is 7.63. The maximum absolute atomic E-state index is 12.6. The second-order valence-electron chi connectivity index (χ2n) is 8.33. The molecule has 5 heteroatoms. The number of allylic oxidation sites excluding steroid dienone is 2. The molecule has 3 aromatic rings. The van der Waals surface area contributed by atoms with Gasteiger partial charge in [0.1, 0.15) is 0 Å². The number of H-pyrrole nitrogens is 1. The number of para-hydroxylation sites is 2. The molecule has 5 nitrogen and oxygen atoms in total. The first-order chi connectivity index (χ1) is 14.7. The van der Waals surface area contributed by atoms with Crippen LogP contribution in [-0.4, -0.2) is 40.3 Å². The van der Waals surface area contributed by atoms with Gasteiger partial charge in [-0.05, 0) is 55.9 Å². The van der Waals surface area contributed by atoms with Crippen LogP contribution < -0.4 is 5.69 Å². The van der Waals surface area contributed by atoms with Gasteiger partial charge in [-0.2, -0.15) is 0 Å². The average Bonchev–Trinajstić information content (AvgIpc) is 3.13. The lowest BCUT2D eigenvalue weighted by atomic mass is 9.85. The molecule has 0 bridgehead atoms. The summed E-state index contributed by atoms with van der Waals surface area (Å²) < 4.78 is 1.96. The third-order valence-electron chi connectivity index (χ3n) is 6.79. The van der Waals surface area contributed by atoms with Gasteiger partial charge in [0.25, 0.3) is 0 Å². The molecule has 1 saturated heterocycles. The van der Waals surface area contributed by atoms with E-state index >= 15 is 0 Å². The van der Waals surface area contributed by atoms with Crippen molar-refractivity contribution in [3.8, 4) is 0 Å². The molecule has 30 heavy (non-hydrogen) atoms. The predicted molar refractivity (Wildman–Crippen MR) is 122 cm³/mol. The van der Waals surface area contributed by atoms with Crippen molar-refractivity contribution >= 4 is 16.7 Å². The van der Waals surface area contributed by atoms with Crippen molar-refractivity contribution in [3.05, 3.63) is 81.4 Å². The molecule has 2 aliphatic rings. The highest BCUT2D eigenvalue weighted by Gasteiger charge is 2.27. The van der Waals surface area contributed by atoms with Crippen molar-refractivity contribution in [2.24, 2.45) is 4.99 Å². The summed E-state index contributed by atoms with van der Waals surface area (Å²) >= 11 is 0. The Labute approximate surface area is 176 Å². The van der Waals surface area contributed by atoms with E-state index in [-0.39, 0.29) is 11.7 Å². The Morgan fingerprint density at radius 2 is 1.77 bits per heavy atom. The molecule has 1 N–H and O–H groups in total. The molecule has 1 fully saturated rings. The van der Waals surface area contributed by atoms with E-state index < -0.39 is 0 Å². The third-order valence-corrected chi connectivity index (χ3v) is 6.79. The van der Waals surface area contributed by atoms with Crippen LogP contribution in [0, 0.1) is 0 Å². The van der Waals surface area contributed by atoms with E-state index in [0.29, 0.717) is 0 Å². The molecule has 2 aromatic carbocycles. The summed E-state index contributed by atoms with van der Waals surface area (Å²) in [6, 6.07) is 16.9. The van der Waals surface area contributed by atoms with Gasteiger partial charge in [0.05, 0.1) is 16.7 Å². The molecule has 0 spiro atoms. The minimum absolute atomic E-state index is 0.00835. The Bertz CT molecular complexity index is 1210. The van der Waals surface area contributed by atoms with Crippen molar-refractivity contribution in [1.29, 1.82) is 0 Å². The molecule has 0 saturated carbocycles. The van der Waals surface area contributed by atoms with Gasteiger partial charge in [0.15, 0.2) is 0 Å². The van der Waals surface area contributed by atoms with Crippen molar-refractivity contribution in [2.75, 3.05) is 20.1 Å². The number of aryl methyl sites for hydroxylation is 1. The van der Waals surface area contributed by atoms with Crippen LogP contribution >= 0.6 is 0 Å². The van der Waals surface area contributed by atoms with Crippen LogP contribution in [0.3, 0.4) is 0 Å². The van der Waals surface area contributed by atoms with Crippen LogP contribution in [-0.2, 0) is 6.42 Å². The zero-order valence-corrected chi connectivity index (χ0v) is 17.7. The summed E-state index contributed by atoms with van der Waals surface area (Å²) in [5.74, 6) is 0. The summed E-state index contributed by atoms with van der Waals surface area (Å²) in [5.41, 5.74) is 8.48. The SMILES string of the molecule is CN=C1/C(=C(\C)N2CCC(n3c(=O)[nH]c4ccccc43)CC2)CCc2ccccc21. The molecule has 0 unspecified atom stereocenters. The smallest absolute Gasteiger partial charge is 0.326 e. The molecule has 0 atom stereocenters. The third kappa shape index (κ3) is 3.09. The molecule has 0 radical (unpaired) electrons. The Morgan fingerprint density at radius 3 is 2.57 bits per heavy atom. The Morgan fingerprint density at radius 1 is 1.03 bits per heavy atom. The molecular formula is C25H28N4O. The van der Waals surface area contributed by atoms with Crippen LogP contribution in [0.1, 0.15) is 43.4 Å². The van der Waals surface area contributed by atoms with E-state index in [1.54, 1.807) is 0 Å². The highest BCUT2D eigenvalue weighted by atomic mass is 16.1. The number of likely N-dealkylation sites (tertiary alicyclic amines) is 1. The number of rotatable bonds is 2. The number of hydrogen-bond donors (Lipinski definition) is 1. The number of benzene rings is 2. The number of fused-ring (bicyclic) bond motifs is 2. The van der Waals surface area contributed by atoms with Crippen LogP contribution in [0.25, 0.3) is 11.0 Å². The number of aromatic amines is 1. The maximum atomic E-state index is 12.6. The fourth-order valence-electron chi connectivity index (χ4n) is 5.20. The lowest BCUT2D eigenvalue weighted by molar-refractivity contribution is 0.227. The second-order valence-corrected chi connectivity index (χ2v) is 8.33. The largest absolute Gasteiger partial charge is 0.375 e. The number of imidazole rings is 1. The number of aliphatic imine (C=N–C) groups is 1. The van der Waals surface area contributed by atoms with Crippen molar-refractivity contribution in [3.63, 3.8) is 0 Å². The normalized spacial score (nSPS) is 20.6. The van der Waals surface area contributed by atoms with Crippen molar-refractivity contribution in [2.45, 2.75) is 38.6 Å². The highest BCUT2D eigenvalue weighted by Crippen LogP contribution is 2.32. The number of hydrogen-bond acceptors (Lipinski definition) is 3. The Kier molecular flexibility index (Phi) is 4.81. The van der Waals surface area contributed by atoms with Gasteiger partial charge in [0, 0.05) is 37.4 Å². The van der Waals surface area contributed by atoms with Crippen LogP contribution in [0.2, 0.25) is 0 Å². The Hall–Kier alpha value is -3.08. The first kappa shape index (κ1) is 18.9. The van der Waals surface area contributed by atoms with Gasteiger partial charge in [-0.1, -0.05) is 36.4 Å². The van der Waals surface area contributed by atoms with Crippen LogP contribution in [0.4, 0.5) is 0 Å². The molecule has 1 aromatic heterocycles. The molecule has 154 valence electrons. The van der Waals surface area contributed by atoms with Gasteiger partial charge >= 0.3 is 5.69 Å². The number of nitrogens with zero attached hydrogens (tertiary/aromatic N) is 3. The van der Waals surface area contributed by atoms with E-state index in [2.05, 4.69) is 46.1 Å². The fraction of sp³-hybridized carbons (Fsp3) is 0.360. The van der Waals surface area contributed by atoms with E-state index in [1.165, 1.54) is 22.4 Å². The average molecular weight is 401 g/mol. The molecule has 2 heterocycles. The first-order valence-electron chi connectivity index (χ1n) is 10.9. The van der Waals surface area contributed by atoms with E-state index in [9.17, 15) is 4.79 Å². The van der Waals surface area contributed by atoms with E-state index in [0.717, 1.165) is 55.5 Å². The quantitative estimate of drug-likeness (QED) is 0.697. The molecular weight excluding hydrogens is 372 g/mol. The van der Waals surface area contributed by atoms with Gasteiger partial charge in [0.2, 0.25) is 0 Å². The van der Waals surface area contributed by atoms with Crippen LogP contribution in [0.15, 0.2) is 69.6 Å². The number of aromatic nitrogens is 2. The van der Waals surface area contributed by atoms with Gasteiger partial charge < -0.3 is 9.88 Å². The highest BCUT2D eigenvalue weighted by molar-refractivity contribution is 6.14. The molecule has 5 rings (SSSR count). The predicted octanol–water partition coefficient (Wildman–Crippen LogP) is 4.31. The van der Waals surface area contributed by atoms with Crippen LogP contribution in [0.5, 0.6) is 0 Å².